The third-order valence-electron chi connectivity index (χ3n) is 4.65. The third-order valence-corrected chi connectivity index (χ3v) is 4.95. The van der Waals surface area contributed by atoms with Crippen LogP contribution in [0.3, 0.4) is 0 Å². The van der Waals surface area contributed by atoms with E-state index in [0.29, 0.717) is 31.0 Å². The highest BCUT2D eigenvalue weighted by Gasteiger charge is 2.29. The zero-order valence-electron chi connectivity index (χ0n) is 13.7. The number of amides is 2. The normalized spacial score (nSPS) is 18.9. The molecule has 8 nitrogen and oxygen atoms in total. The molecule has 3 rings (SSSR count). The largest absolute Gasteiger partial charge is 0.368 e. The van der Waals surface area contributed by atoms with E-state index in [2.05, 4.69) is 9.80 Å². The van der Waals surface area contributed by atoms with E-state index in [-0.39, 0.29) is 17.5 Å². The minimum atomic E-state index is -0.464. The van der Waals surface area contributed by atoms with Gasteiger partial charge in [0.15, 0.2) is 0 Å². The average Bonchev–Trinajstić information content (AvgIpc) is 2.92. The van der Waals surface area contributed by atoms with Gasteiger partial charge in [-0.1, -0.05) is 11.6 Å². The van der Waals surface area contributed by atoms with Gasteiger partial charge in [-0.15, -0.1) is 0 Å². The number of nitro benzene ring substituents is 1. The number of carbonyl (C=O) groups is 2. The number of halogens is 1. The van der Waals surface area contributed by atoms with E-state index in [1.165, 1.54) is 17.0 Å². The summed E-state index contributed by atoms with van der Waals surface area (Å²) in [5.41, 5.74) is 0.768. The lowest BCUT2D eigenvalue weighted by Crippen LogP contribution is -2.49. The number of nitro groups is 1. The van der Waals surface area contributed by atoms with Gasteiger partial charge < -0.3 is 4.90 Å². The number of nitrogens with zero attached hydrogens (tertiary/aromatic N) is 4. The molecule has 0 N–H and O–H groups in total. The van der Waals surface area contributed by atoms with Crippen LogP contribution in [0.5, 0.6) is 0 Å². The molecule has 0 radical (unpaired) electrons. The summed E-state index contributed by atoms with van der Waals surface area (Å²) in [5.74, 6) is -0.164. The minimum absolute atomic E-state index is 0.0210. The van der Waals surface area contributed by atoms with Gasteiger partial charge in [-0.3, -0.25) is 29.5 Å². The Morgan fingerprint density at radius 1 is 1.04 bits per heavy atom. The first kappa shape index (κ1) is 17.6. The van der Waals surface area contributed by atoms with Gasteiger partial charge >= 0.3 is 0 Å². The molecule has 2 heterocycles. The van der Waals surface area contributed by atoms with E-state index in [9.17, 15) is 19.7 Å². The van der Waals surface area contributed by atoms with E-state index in [0.717, 1.165) is 31.9 Å². The van der Waals surface area contributed by atoms with Crippen LogP contribution < -0.4 is 4.90 Å². The molecule has 2 saturated heterocycles. The number of anilines is 1. The zero-order chi connectivity index (χ0) is 18.0. The number of imide groups is 1. The van der Waals surface area contributed by atoms with E-state index in [1.54, 1.807) is 6.07 Å². The number of hydrogen-bond donors (Lipinski definition) is 0. The zero-order valence-corrected chi connectivity index (χ0v) is 14.4. The molecule has 0 atom stereocenters. The highest BCUT2D eigenvalue weighted by molar-refractivity contribution is 6.33. The summed E-state index contributed by atoms with van der Waals surface area (Å²) in [7, 11) is 0. The fourth-order valence-corrected chi connectivity index (χ4v) is 3.49. The maximum absolute atomic E-state index is 11.6. The van der Waals surface area contributed by atoms with Crippen LogP contribution in [-0.2, 0) is 9.59 Å². The second kappa shape index (κ2) is 7.37. The van der Waals surface area contributed by atoms with Crippen molar-refractivity contribution in [3.63, 3.8) is 0 Å². The second-order valence-corrected chi connectivity index (χ2v) is 6.57. The van der Waals surface area contributed by atoms with Gasteiger partial charge in [0, 0.05) is 64.2 Å². The minimum Gasteiger partial charge on any atom is -0.368 e. The first-order valence-corrected chi connectivity index (χ1v) is 8.58. The summed E-state index contributed by atoms with van der Waals surface area (Å²) in [4.78, 5) is 39.2. The molecule has 2 fully saturated rings. The standard InChI is InChI=1S/C16H19ClN4O4/c17-13-11-12(21(24)25)1-2-14(13)19-8-5-18(6-9-19)7-10-20-15(22)3-4-16(20)23/h1-2,11H,3-10H2. The molecule has 0 bridgehead atoms. The number of hydrogen-bond acceptors (Lipinski definition) is 6. The van der Waals surface area contributed by atoms with Crippen molar-refractivity contribution < 1.29 is 14.5 Å². The topological polar surface area (TPSA) is 87.0 Å². The molecular formula is C16H19ClN4O4. The summed E-state index contributed by atoms with van der Waals surface area (Å²) in [5, 5.41) is 11.2. The van der Waals surface area contributed by atoms with E-state index in [4.69, 9.17) is 11.6 Å². The lowest BCUT2D eigenvalue weighted by molar-refractivity contribution is -0.384. The van der Waals surface area contributed by atoms with Crippen LogP contribution in [0.1, 0.15) is 12.8 Å². The Balaban J connectivity index is 1.53. The van der Waals surface area contributed by atoms with Crippen molar-refractivity contribution >= 4 is 34.8 Å². The average molecular weight is 367 g/mol. The van der Waals surface area contributed by atoms with Crippen molar-refractivity contribution in [1.29, 1.82) is 0 Å². The molecule has 2 amide bonds. The SMILES string of the molecule is O=C1CCC(=O)N1CCN1CCN(c2ccc([N+](=O)[O-])cc2Cl)CC1. The molecular weight excluding hydrogens is 348 g/mol. The third kappa shape index (κ3) is 3.91. The number of rotatable bonds is 5. The fraction of sp³-hybridized carbons (Fsp3) is 0.500. The van der Waals surface area contributed by atoms with Crippen LogP contribution in [0.2, 0.25) is 5.02 Å². The predicted molar refractivity (Wildman–Crippen MR) is 92.7 cm³/mol. The molecule has 0 aliphatic carbocycles. The van der Waals surface area contributed by atoms with Crippen LogP contribution in [0.15, 0.2) is 18.2 Å². The van der Waals surface area contributed by atoms with Crippen molar-refractivity contribution in [2.45, 2.75) is 12.8 Å². The highest BCUT2D eigenvalue weighted by Crippen LogP contribution is 2.30. The first-order valence-electron chi connectivity index (χ1n) is 8.20. The summed E-state index contributed by atoms with van der Waals surface area (Å²) in [6.45, 7) is 4.14. The van der Waals surface area contributed by atoms with Crippen LogP contribution in [-0.4, -0.2) is 65.8 Å². The van der Waals surface area contributed by atoms with Gasteiger partial charge in [0.1, 0.15) is 0 Å². The lowest BCUT2D eigenvalue weighted by atomic mass is 10.2. The van der Waals surface area contributed by atoms with Crippen LogP contribution in [0.25, 0.3) is 0 Å². The summed E-state index contributed by atoms with van der Waals surface area (Å²) < 4.78 is 0. The molecule has 2 aliphatic rings. The first-order chi connectivity index (χ1) is 12.0. The molecule has 0 unspecified atom stereocenters. The Morgan fingerprint density at radius 2 is 1.68 bits per heavy atom. The molecule has 9 heteroatoms. The monoisotopic (exact) mass is 366 g/mol. The van der Waals surface area contributed by atoms with Gasteiger partial charge in [0.05, 0.1) is 15.6 Å². The highest BCUT2D eigenvalue weighted by atomic mass is 35.5. The van der Waals surface area contributed by atoms with Gasteiger partial charge in [-0.05, 0) is 6.07 Å². The number of piperazine rings is 1. The van der Waals surface area contributed by atoms with Gasteiger partial charge in [0.2, 0.25) is 11.8 Å². The van der Waals surface area contributed by atoms with E-state index >= 15 is 0 Å². The maximum atomic E-state index is 11.6. The number of likely N-dealkylation sites (tertiary alicyclic amines) is 1. The Labute approximate surface area is 150 Å². The Kier molecular flexibility index (Phi) is 5.19. The van der Waals surface area contributed by atoms with Gasteiger partial charge in [-0.25, -0.2) is 0 Å². The maximum Gasteiger partial charge on any atom is 0.271 e. The Morgan fingerprint density at radius 3 is 2.24 bits per heavy atom. The van der Waals surface area contributed by atoms with Crippen molar-refractivity contribution in [2.75, 3.05) is 44.2 Å². The summed E-state index contributed by atoms with van der Waals surface area (Å²) >= 11 is 6.18. The second-order valence-electron chi connectivity index (χ2n) is 6.16. The number of benzene rings is 1. The molecule has 0 spiro atoms. The van der Waals surface area contributed by atoms with Crippen molar-refractivity contribution in [3.05, 3.63) is 33.3 Å². The van der Waals surface area contributed by atoms with Gasteiger partial charge in [0.25, 0.3) is 5.69 Å². The number of non-ortho nitro benzene ring substituents is 1. The Hall–Kier alpha value is -2.19. The summed E-state index contributed by atoms with van der Waals surface area (Å²) in [6, 6.07) is 4.50. The lowest BCUT2D eigenvalue weighted by Gasteiger charge is -2.36. The summed E-state index contributed by atoms with van der Waals surface area (Å²) in [6.07, 6.45) is 0.649. The molecule has 134 valence electrons. The van der Waals surface area contributed by atoms with E-state index < -0.39 is 4.92 Å². The molecule has 0 aromatic heterocycles. The van der Waals surface area contributed by atoms with Crippen LogP contribution in [0, 0.1) is 10.1 Å². The van der Waals surface area contributed by atoms with Crippen molar-refractivity contribution in [1.82, 2.24) is 9.80 Å². The molecule has 25 heavy (non-hydrogen) atoms. The molecule has 0 saturated carbocycles. The van der Waals surface area contributed by atoms with Crippen molar-refractivity contribution in [2.24, 2.45) is 0 Å². The predicted octanol–water partition coefficient (Wildman–Crippen LogP) is 1.52. The number of carbonyl (C=O) groups excluding carboxylic acids is 2. The van der Waals surface area contributed by atoms with Gasteiger partial charge in [-0.2, -0.15) is 0 Å². The Bertz CT molecular complexity index is 687. The molecule has 1 aromatic carbocycles. The fourth-order valence-electron chi connectivity index (χ4n) is 3.19. The quantitative estimate of drug-likeness (QED) is 0.446. The van der Waals surface area contributed by atoms with Crippen LogP contribution >= 0.6 is 11.6 Å². The van der Waals surface area contributed by atoms with Crippen LogP contribution in [0.4, 0.5) is 11.4 Å². The van der Waals surface area contributed by atoms with Crippen molar-refractivity contribution in [3.8, 4) is 0 Å². The van der Waals surface area contributed by atoms with E-state index in [1.807, 2.05) is 0 Å². The molecule has 2 aliphatic heterocycles. The molecule has 1 aromatic rings. The smallest absolute Gasteiger partial charge is 0.271 e.